The number of urea groups is 1. The quantitative estimate of drug-likeness (QED) is 0.826. The maximum Gasteiger partial charge on any atom is 0.323 e. The summed E-state index contributed by atoms with van der Waals surface area (Å²) < 4.78 is 0. The van der Waals surface area contributed by atoms with Crippen LogP contribution in [0.2, 0.25) is 0 Å². The zero-order chi connectivity index (χ0) is 19.1. The van der Waals surface area contributed by atoms with Gasteiger partial charge in [-0.3, -0.25) is 10.1 Å². The molecule has 1 aromatic heterocycles. The normalized spacial score (nSPS) is 19.4. The molecule has 1 spiro atoms. The molecule has 2 aromatic rings. The maximum absolute atomic E-state index is 12.7. The number of carbonyl (C=O) groups excluding carboxylic acids is 2. The molecule has 28 heavy (non-hydrogen) atoms. The summed E-state index contributed by atoms with van der Waals surface area (Å²) in [6.45, 7) is 4.65. The Morgan fingerprint density at radius 1 is 1.00 bits per heavy atom. The van der Waals surface area contributed by atoms with Crippen molar-refractivity contribution in [1.29, 1.82) is 0 Å². The van der Waals surface area contributed by atoms with Gasteiger partial charge in [-0.25, -0.2) is 4.79 Å². The van der Waals surface area contributed by atoms with Crippen molar-refractivity contribution in [1.82, 2.24) is 25.3 Å². The van der Waals surface area contributed by atoms with E-state index in [9.17, 15) is 9.59 Å². The monoisotopic (exact) mass is 378 g/mol. The second-order valence-corrected chi connectivity index (χ2v) is 7.94. The summed E-state index contributed by atoms with van der Waals surface area (Å²) in [6, 6.07) is 11.1. The highest BCUT2D eigenvalue weighted by molar-refractivity contribution is 5.93. The molecule has 2 fully saturated rings. The molecular formula is C20H22N6O2. The van der Waals surface area contributed by atoms with E-state index in [-0.39, 0.29) is 17.4 Å². The molecule has 8 heteroatoms. The molecule has 0 unspecified atom stereocenters. The summed E-state index contributed by atoms with van der Waals surface area (Å²) in [5.41, 5.74) is 2.89. The molecule has 0 atom stereocenters. The number of anilines is 1. The standard InChI is InChI=1S/C20H22N6O2/c27-18(25-8-7-20(13-25)11-21-12-20)16-5-6-17(24-23-16)22-19(28)26-9-14-3-1-2-4-15(14)10-26/h1-6,21H,7-13H2,(H,22,24,28). The first-order chi connectivity index (χ1) is 13.6. The predicted octanol–water partition coefficient (Wildman–Crippen LogP) is 1.46. The topological polar surface area (TPSA) is 90.5 Å². The number of benzene rings is 1. The van der Waals surface area contributed by atoms with Gasteiger partial charge < -0.3 is 15.1 Å². The summed E-state index contributed by atoms with van der Waals surface area (Å²) in [7, 11) is 0. The van der Waals surface area contributed by atoms with Gasteiger partial charge in [0.25, 0.3) is 5.91 Å². The van der Waals surface area contributed by atoms with E-state index in [1.165, 1.54) is 0 Å². The Balaban J connectivity index is 1.20. The van der Waals surface area contributed by atoms with Crippen LogP contribution in [0.15, 0.2) is 36.4 Å². The zero-order valence-electron chi connectivity index (χ0n) is 15.5. The largest absolute Gasteiger partial charge is 0.337 e. The average molecular weight is 378 g/mol. The van der Waals surface area contributed by atoms with Crippen LogP contribution in [0.1, 0.15) is 28.0 Å². The average Bonchev–Trinajstić information content (AvgIpc) is 3.33. The van der Waals surface area contributed by atoms with Crippen molar-refractivity contribution in [3.8, 4) is 0 Å². The first-order valence-electron chi connectivity index (χ1n) is 9.58. The number of hydrogen-bond acceptors (Lipinski definition) is 5. The molecule has 5 rings (SSSR count). The number of nitrogens with zero attached hydrogens (tertiary/aromatic N) is 4. The highest BCUT2D eigenvalue weighted by atomic mass is 16.2. The molecule has 3 aliphatic heterocycles. The molecule has 2 saturated heterocycles. The molecule has 0 saturated carbocycles. The van der Waals surface area contributed by atoms with Crippen molar-refractivity contribution < 1.29 is 9.59 Å². The third kappa shape index (κ3) is 2.99. The fraction of sp³-hybridized carbons (Fsp3) is 0.400. The zero-order valence-corrected chi connectivity index (χ0v) is 15.5. The summed E-state index contributed by atoms with van der Waals surface area (Å²) in [5, 5.41) is 14.1. The number of aromatic nitrogens is 2. The summed E-state index contributed by atoms with van der Waals surface area (Å²) >= 11 is 0. The van der Waals surface area contributed by atoms with Gasteiger partial charge >= 0.3 is 6.03 Å². The van der Waals surface area contributed by atoms with Gasteiger partial charge in [-0.2, -0.15) is 0 Å². The van der Waals surface area contributed by atoms with E-state index in [0.29, 0.717) is 24.6 Å². The molecular weight excluding hydrogens is 356 g/mol. The van der Waals surface area contributed by atoms with Crippen molar-refractivity contribution in [3.63, 3.8) is 0 Å². The van der Waals surface area contributed by atoms with E-state index in [0.717, 1.165) is 43.7 Å². The van der Waals surface area contributed by atoms with E-state index in [1.54, 1.807) is 17.0 Å². The SMILES string of the molecule is O=C(Nc1ccc(C(=O)N2CCC3(CNC3)C2)nn1)N1Cc2ccccc2C1. The molecule has 4 heterocycles. The molecule has 1 aromatic carbocycles. The Morgan fingerprint density at radius 3 is 2.32 bits per heavy atom. The maximum atomic E-state index is 12.7. The van der Waals surface area contributed by atoms with Crippen molar-refractivity contribution in [3.05, 3.63) is 53.2 Å². The third-order valence-corrected chi connectivity index (χ3v) is 5.97. The summed E-state index contributed by atoms with van der Waals surface area (Å²) in [6.07, 6.45) is 1.03. The predicted molar refractivity (Wildman–Crippen MR) is 103 cm³/mol. The Hall–Kier alpha value is -3.00. The van der Waals surface area contributed by atoms with Crippen molar-refractivity contribution >= 4 is 17.8 Å². The fourth-order valence-corrected chi connectivity index (χ4v) is 4.22. The van der Waals surface area contributed by atoms with Crippen LogP contribution < -0.4 is 10.6 Å². The van der Waals surface area contributed by atoms with E-state index in [4.69, 9.17) is 0 Å². The molecule has 2 N–H and O–H groups in total. The van der Waals surface area contributed by atoms with E-state index in [2.05, 4.69) is 20.8 Å². The lowest BCUT2D eigenvalue weighted by atomic mass is 9.81. The van der Waals surface area contributed by atoms with Crippen LogP contribution in [0.3, 0.4) is 0 Å². The van der Waals surface area contributed by atoms with Gasteiger partial charge in [0.1, 0.15) is 0 Å². The minimum atomic E-state index is -0.219. The number of rotatable bonds is 2. The van der Waals surface area contributed by atoms with Crippen molar-refractivity contribution in [2.45, 2.75) is 19.5 Å². The number of nitrogens with one attached hydrogen (secondary N) is 2. The van der Waals surface area contributed by atoms with Gasteiger partial charge in [0.05, 0.1) is 0 Å². The number of likely N-dealkylation sites (tertiary alicyclic amines) is 1. The Morgan fingerprint density at radius 2 is 1.75 bits per heavy atom. The first-order valence-corrected chi connectivity index (χ1v) is 9.58. The smallest absolute Gasteiger partial charge is 0.323 e. The first kappa shape index (κ1) is 17.1. The van der Waals surface area contributed by atoms with E-state index >= 15 is 0 Å². The fourth-order valence-electron chi connectivity index (χ4n) is 4.22. The lowest BCUT2D eigenvalue weighted by molar-refractivity contribution is 0.0745. The third-order valence-electron chi connectivity index (χ3n) is 5.97. The number of fused-ring (bicyclic) bond motifs is 1. The minimum Gasteiger partial charge on any atom is -0.337 e. The molecule has 0 radical (unpaired) electrons. The molecule has 0 aliphatic carbocycles. The van der Waals surface area contributed by atoms with Gasteiger partial charge in [-0.15, -0.1) is 10.2 Å². The Kier molecular flexibility index (Phi) is 4.01. The molecule has 3 amide bonds. The van der Waals surface area contributed by atoms with Gasteiger partial charge in [-0.1, -0.05) is 24.3 Å². The van der Waals surface area contributed by atoms with E-state index in [1.807, 2.05) is 29.2 Å². The molecule has 144 valence electrons. The van der Waals surface area contributed by atoms with Crippen LogP contribution in [-0.4, -0.2) is 58.1 Å². The van der Waals surface area contributed by atoms with Crippen LogP contribution >= 0.6 is 0 Å². The second-order valence-electron chi connectivity index (χ2n) is 7.94. The highest BCUT2D eigenvalue weighted by Gasteiger charge is 2.44. The van der Waals surface area contributed by atoms with Crippen LogP contribution in [0.4, 0.5) is 10.6 Å². The van der Waals surface area contributed by atoms with Gasteiger partial charge in [0, 0.05) is 44.7 Å². The van der Waals surface area contributed by atoms with Crippen molar-refractivity contribution in [2.24, 2.45) is 5.41 Å². The number of carbonyl (C=O) groups is 2. The summed E-state index contributed by atoms with van der Waals surface area (Å²) in [5.74, 6) is 0.253. The highest BCUT2D eigenvalue weighted by Crippen LogP contribution is 2.34. The molecule has 8 nitrogen and oxygen atoms in total. The van der Waals surface area contributed by atoms with Crippen LogP contribution in [0.25, 0.3) is 0 Å². The van der Waals surface area contributed by atoms with Crippen LogP contribution in [-0.2, 0) is 13.1 Å². The number of amides is 3. The number of hydrogen-bond donors (Lipinski definition) is 2. The Bertz CT molecular complexity index is 900. The van der Waals surface area contributed by atoms with Crippen molar-refractivity contribution in [2.75, 3.05) is 31.5 Å². The van der Waals surface area contributed by atoms with Gasteiger partial charge in [-0.05, 0) is 29.7 Å². The van der Waals surface area contributed by atoms with Crippen LogP contribution in [0, 0.1) is 5.41 Å². The minimum absolute atomic E-state index is 0.0934. The summed E-state index contributed by atoms with van der Waals surface area (Å²) in [4.78, 5) is 28.7. The lowest BCUT2D eigenvalue weighted by Crippen LogP contribution is -2.55. The van der Waals surface area contributed by atoms with Crippen LogP contribution in [0.5, 0.6) is 0 Å². The second kappa shape index (κ2) is 6.56. The van der Waals surface area contributed by atoms with Gasteiger partial charge in [0.2, 0.25) is 0 Å². The van der Waals surface area contributed by atoms with Gasteiger partial charge in [0.15, 0.2) is 11.5 Å². The molecule has 3 aliphatic rings. The van der Waals surface area contributed by atoms with E-state index < -0.39 is 0 Å². The lowest BCUT2D eigenvalue weighted by Gasteiger charge is -2.38. The molecule has 0 bridgehead atoms. The Labute approximate surface area is 162 Å².